The second-order valence-electron chi connectivity index (χ2n) is 8.54. The maximum atomic E-state index is 15.0. The second-order valence-corrected chi connectivity index (χ2v) is 8.54. The van der Waals surface area contributed by atoms with Gasteiger partial charge in [0.1, 0.15) is 11.5 Å². The minimum atomic E-state index is -1.45. The summed E-state index contributed by atoms with van der Waals surface area (Å²) in [5.41, 5.74) is 1.85. The van der Waals surface area contributed by atoms with Crippen LogP contribution in [0.15, 0.2) is 48.7 Å². The molecule has 1 saturated heterocycles. The quantitative estimate of drug-likeness (QED) is 0.465. The number of benzene rings is 2. The van der Waals surface area contributed by atoms with Gasteiger partial charge in [0.25, 0.3) is 17.7 Å². The molecular weight excluding hydrogens is 471 g/mol. The van der Waals surface area contributed by atoms with Gasteiger partial charge in [-0.3, -0.25) is 19.3 Å². The Morgan fingerprint density at radius 3 is 2.31 bits per heavy atom. The third-order valence-electron chi connectivity index (χ3n) is 6.32. The summed E-state index contributed by atoms with van der Waals surface area (Å²) in [5.74, 6) is -1.82. The fraction of sp³-hybridized carbons (Fsp3) is 0.292. The molecule has 0 saturated carbocycles. The first-order valence-corrected chi connectivity index (χ1v) is 11.4. The number of aliphatic hydroxyl groups excluding tert-OH is 2. The van der Waals surface area contributed by atoms with Crippen molar-refractivity contribution in [3.8, 4) is 5.69 Å². The topological polar surface area (TPSA) is 132 Å². The van der Waals surface area contributed by atoms with E-state index in [0.717, 1.165) is 4.90 Å². The lowest BCUT2D eigenvalue weighted by Gasteiger charge is -2.36. The van der Waals surface area contributed by atoms with Crippen LogP contribution in [0, 0.1) is 5.82 Å². The van der Waals surface area contributed by atoms with Crippen LogP contribution in [-0.2, 0) is 11.3 Å². The molecule has 11 nitrogen and oxygen atoms in total. The van der Waals surface area contributed by atoms with Gasteiger partial charge in [0.2, 0.25) is 0 Å². The van der Waals surface area contributed by atoms with Crippen LogP contribution in [0.4, 0.5) is 10.1 Å². The third kappa shape index (κ3) is 4.20. The molecule has 1 fully saturated rings. The number of imide groups is 1. The number of aliphatic hydroxyl groups is 2. The lowest BCUT2D eigenvalue weighted by molar-refractivity contribution is -0.142. The van der Waals surface area contributed by atoms with Crippen LogP contribution in [0.3, 0.4) is 0 Å². The molecule has 0 spiro atoms. The van der Waals surface area contributed by atoms with Crippen molar-refractivity contribution in [2.24, 2.45) is 0 Å². The van der Waals surface area contributed by atoms with E-state index < -0.39 is 36.2 Å². The van der Waals surface area contributed by atoms with Crippen molar-refractivity contribution in [1.82, 2.24) is 24.8 Å². The average molecular weight is 494 g/mol. The molecule has 36 heavy (non-hydrogen) atoms. The number of aromatic nitrogens is 3. The molecule has 12 heteroatoms. The maximum absolute atomic E-state index is 15.0. The van der Waals surface area contributed by atoms with Crippen molar-refractivity contribution in [3.05, 3.63) is 71.3 Å². The van der Waals surface area contributed by atoms with Gasteiger partial charge in [-0.15, -0.1) is 5.10 Å². The predicted molar refractivity (Wildman–Crippen MR) is 124 cm³/mol. The van der Waals surface area contributed by atoms with E-state index in [1.807, 2.05) is 0 Å². The summed E-state index contributed by atoms with van der Waals surface area (Å²) in [7, 11) is 0. The number of amides is 3. The molecule has 5 rings (SSSR count). The molecule has 2 aliphatic heterocycles. The van der Waals surface area contributed by atoms with Crippen molar-refractivity contribution >= 4 is 23.4 Å². The molecule has 3 aromatic rings. The van der Waals surface area contributed by atoms with Crippen LogP contribution >= 0.6 is 0 Å². The number of fused-ring (bicyclic) bond motifs is 1. The zero-order valence-corrected chi connectivity index (χ0v) is 19.1. The lowest BCUT2D eigenvalue weighted by Crippen LogP contribution is -2.52. The van der Waals surface area contributed by atoms with Crippen LogP contribution in [0.1, 0.15) is 26.4 Å². The second kappa shape index (κ2) is 9.47. The Hall–Kier alpha value is -4.16. The number of piperazine rings is 1. The highest BCUT2D eigenvalue weighted by Crippen LogP contribution is 2.25. The van der Waals surface area contributed by atoms with Crippen molar-refractivity contribution in [2.45, 2.75) is 12.6 Å². The molecule has 3 heterocycles. The monoisotopic (exact) mass is 494 g/mol. The van der Waals surface area contributed by atoms with E-state index in [9.17, 15) is 23.9 Å². The number of carbonyl (C=O) groups is 3. The standard InChI is InChI=1S/C24H23FN6O5/c25-19-11-16(5-6-20(19)28-7-9-29(10-8-28)24(36)21(33)14-32)31-13-15(26-27-31)12-30-22(34)17-3-1-2-4-18(17)23(30)35/h1-6,11,13,21,32-33H,7-10,12,14H2. The van der Waals surface area contributed by atoms with Crippen molar-refractivity contribution in [1.29, 1.82) is 0 Å². The number of nitrogens with zero attached hydrogens (tertiary/aromatic N) is 6. The highest BCUT2D eigenvalue weighted by atomic mass is 19.1. The third-order valence-corrected chi connectivity index (χ3v) is 6.32. The summed E-state index contributed by atoms with van der Waals surface area (Å²) in [6, 6.07) is 11.2. The largest absolute Gasteiger partial charge is 0.393 e. The van der Waals surface area contributed by atoms with Crippen LogP contribution < -0.4 is 4.90 Å². The van der Waals surface area contributed by atoms with Crippen molar-refractivity contribution < 1.29 is 29.0 Å². The van der Waals surface area contributed by atoms with E-state index >= 15 is 0 Å². The molecule has 2 N–H and O–H groups in total. The van der Waals surface area contributed by atoms with Crippen LogP contribution in [0.25, 0.3) is 5.69 Å². The molecule has 1 unspecified atom stereocenters. The Morgan fingerprint density at radius 2 is 1.69 bits per heavy atom. The lowest BCUT2D eigenvalue weighted by atomic mass is 10.1. The summed E-state index contributed by atoms with van der Waals surface area (Å²) in [6.45, 7) is 0.628. The van der Waals surface area contributed by atoms with Gasteiger partial charge in [0.15, 0.2) is 6.10 Å². The molecule has 186 valence electrons. The zero-order chi connectivity index (χ0) is 25.4. The van der Waals surface area contributed by atoms with E-state index in [0.29, 0.717) is 54.4 Å². The molecule has 1 aromatic heterocycles. The van der Waals surface area contributed by atoms with Crippen molar-refractivity contribution in [3.63, 3.8) is 0 Å². The van der Waals surface area contributed by atoms with E-state index in [1.165, 1.54) is 21.8 Å². The SMILES string of the molecule is O=C(C(O)CO)N1CCN(c2ccc(-n3cc(CN4C(=O)c5ccccc5C4=O)nn3)cc2F)CC1. The number of rotatable bonds is 6. The van der Waals surface area contributed by atoms with Crippen molar-refractivity contribution in [2.75, 3.05) is 37.7 Å². The smallest absolute Gasteiger partial charge is 0.261 e. The zero-order valence-electron chi connectivity index (χ0n) is 19.1. The molecule has 2 aliphatic rings. The van der Waals surface area contributed by atoms with Gasteiger partial charge in [0, 0.05) is 32.2 Å². The van der Waals surface area contributed by atoms with Gasteiger partial charge in [-0.2, -0.15) is 0 Å². The van der Waals surface area contributed by atoms with Crippen LogP contribution in [0.5, 0.6) is 0 Å². The first-order chi connectivity index (χ1) is 17.4. The number of carbonyl (C=O) groups excluding carboxylic acids is 3. The Balaban J connectivity index is 1.25. The summed E-state index contributed by atoms with van der Waals surface area (Å²) in [6.07, 6.45) is 0.0895. The molecule has 3 amide bonds. The number of hydrogen-bond donors (Lipinski definition) is 2. The van der Waals surface area contributed by atoms with Crippen LogP contribution in [0.2, 0.25) is 0 Å². The Morgan fingerprint density at radius 1 is 1.03 bits per heavy atom. The summed E-state index contributed by atoms with van der Waals surface area (Å²) >= 11 is 0. The van der Waals surface area contributed by atoms with Gasteiger partial charge in [-0.25, -0.2) is 9.07 Å². The molecule has 0 radical (unpaired) electrons. The van der Waals surface area contributed by atoms with Gasteiger partial charge in [-0.1, -0.05) is 17.3 Å². The Labute approximate surface area is 204 Å². The minimum Gasteiger partial charge on any atom is -0.393 e. The average Bonchev–Trinajstić information content (AvgIpc) is 3.47. The summed E-state index contributed by atoms with van der Waals surface area (Å²) in [5, 5.41) is 26.5. The van der Waals surface area contributed by atoms with Crippen LogP contribution in [-0.4, -0.2) is 91.6 Å². The van der Waals surface area contributed by atoms with E-state index in [1.54, 1.807) is 41.3 Å². The fourth-order valence-corrected chi connectivity index (χ4v) is 4.39. The minimum absolute atomic E-state index is 0.0547. The molecule has 0 aliphatic carbocycles. The highest BCUT2D eigenvalue weighted by Gasteiger charge is 2.35. The summed E-state index contributed by atoms with van der Waals surface area (Å²) in [4.78, 5) is 41.5. The number of hydrogen-bond acceptors (Lipinski definition) is 8. The maximum Gasteiger partial charge on any atom is 0.261 e. The van der Waals surface area contributed by atoms with Gasteiger partial charge in [0.05, 0.1) is 41.9 Å². The van der Waals surface area contributed by atoms with Gasteiger partial charge in [-0.05, 0) is 24.3 Å². The molecule has 2 aromatic carbocycles. The van der Waals surface area contributed by atoms with Gasteiger partial charge >= 0.3 is 0 Å². The van der Waals surface area contributed by atoms with Gasteiger partial charge < -0.3 is 20.0 Å². The number of halogens is 1. The first-order valence-electron chi connectivity index (χ1n) is 11.4. The Kier molecular flexibility index (Phi) is 6.20. The first kappa shape index (κ1) is 23.6. The van der Waals surface area contributed by atoms with E-state index in [2.05, 4.69) is 10.3 Å². The molecular formula is C24H23FN6O5. The molecule has 1 atom stereocenters. The fourth-order valence-electron chi connectivity index (χ4n) is 4.39. The summed E-state index contributed by atoms with van der Waals surface area (Å²) < 4.78 is 16.4. The van der Waals surface area contributed by atoms with E-state index in [-0.39, 0.29) is 6.54 Å². The molecule has 0 bridgehead atoms. The van der Waals surface area contributed by atoms with E-state index in [4.69, 9.17) is 5.11 Å². The predicted octanol–water partition coefficient (Wildman–Crippen LogP) is 0.204. The highest BCUT2D eigenvalue weighted by molar-refractivity contribution is 6.21. The number of anilines is 1. The normalized spacial score (nSPS) is 16.5. The Bertz CT molecular complexity index is 1300.